The number of morpholine rings is 1. The average Bonchev–Trinajstić information content (AvgIpc) is 3.23. The fourth-order valence-electron chi connectivity index (χ4n) is 4.41. The molecule has 2 aliphatic heterocycles. The minimum atomic E-state index is -0.346. The molecule has 2 N–H and O–H groups in total. The topological polar surface area (TPSA) is 100 Å². The number of carbonyl (C=O) groups is 3. The fourth-order valence-corrected chi connectivity index (χ4v) is 4.41. The van der Waals surface area contributed by atoms with Gasteiger partial charge < -0.3 is 19.6 Å². The van der Waals surface area contributed by atoms with Crippen LogP contribution in [0.5, 0.6) is 5.75 Å². The summed E-state index contributed by atoms with van der Waals surface area (Å²) in [4.78, 5) is 37.7. The standard InChI is InChI=1S/C27H33FN4O5/c28-24-9-8-21(37-14-4-10-31-11-15-36-16-12-31)17-20(24)18-29-25-6-3-5-22-23(25)19-32(27(22)35)30-26(34)7-1-2-13-33/h3,5-6,8-9,13,17,29H,1-2,4,7,10-12,14-16,18-19H2,(H,30,34). The van der Waals surface area contributed by atoms with Crippen molar-refractivity contribution >= 4 is 23.8 Å². The molecule has 0 aromatic heterocycles. The molecule has 1 saturated heterocycles. The van der Waals surface area contributed by atoms with Gasteiger partial charge in [0.05, 0.1) is 26.4 Å². The fraction of sp³-hybridized carbons (Fsp3) is 0.444. The molecule has 1 fully saturated rings. The minimum absolute atomic E-state index is 0.162. The molecule has 2 aromatic carbocycles. The Bertz CT molecular complexity index is 1110. The molecule has 0 radical (unpaired) electrons. The molecule has 2 aromatic rings. The molecular formula is C27H33FN4O5. The number of ether oxygens (including phenoxy) is 2. The van der Waals surface area contributed by atoms with E-state index in [1.807, 2.05) is 6.07 Å². The number of fused-ring (bicyclic) bond motifs is 1. The molecule has 2 heterocycles. The molecule has 0 aliphatic carbocycles. The van der Waals surface area contributed by atoms with Gasteiger partial charge in [0.2, 0.25) is 5.91 Å². The zero-order chi connectivity index (χ0) is 26.0. The Morgan fingerprint density at radius 2 is 2.00 bits per heavy atom. The van der Waals surface area contributed by atoms with E-state index in [0.717, 1.165) is 51.1 Å². The van der Waals surface area contributed by atoms with Crippen LogP contribution in [0.4, 0.5) is 10.1 Å². The molecule has 37 heavy (non-hydrogen) atoms. The van der Waals surface area contributed by atoms with E-state index < -0.39 is 0 Å². The number of nitrogens with zero attached hydrogens (tertiary/aromatic N) is 2. The number of hydrogen-bond acceptors (Lipinski definition) is 7. The van der Waals surface area contributed by atoms with Crippen LogP contribution in [0.15, 0.2) is 36.4 Å². The van der Waals surface area contributed by atoms with E-state index >= 15 is 0 Å². The zero-order valence-electron chi connectivity index (χ0n) is 20.8. The lowest BCUT2D eigenvalue weighted by atomic mass is 10.1. The van der Waals surface area contributed by atoms with Gasteiger partial charge in [-0.25, -0.2) is 9.40 Å². The molecule has 0 saturated carbocycles. The van der Waals surface area contributed by atoms with Crippen LogP contribution in [-0.2, 0) is 27.4 Å². The van der Waals surface area contributed by atoms with Crippen LogP contribution in [0.25, 0.3) is 0 Å². The van der Waals surface area contributed by atoms with E-state index in [1.165, 1.54) is 11.1 Å². The van der Waals surface area contributed by atoms with Crippen LogP contribution in [-0.4, -0.2) is 67.5 Å². The van der Waals surface area contributed by atoms with Gasteiger partial charge in [0.15, 0.2) is 0 Å². The van der Waals surface area contributed by atoms with Crippen LogP contribution in [0.3, 0.4) is 0 Å². The number of nitrogens with one attached hydrogen (secondary N) is 2. The summed E-state index contributed by atoms with van der Waals surface area (Å²) in [5.74, 6) is -0.361. The average molecular weight is 513 g/mol. The lowest BCUT2D eigenvalue weighted by molar-refractivity contribution is -0.125. The highest BCUT2D eigenvalue weighted by Crippen LogP contribution is 2.29. The van der Waals surface area contributed by atoms with Crippen molar-refractivity contribution in [3.05, 3.63) is 58.9 Å². The van der Waals surface area contributed by atoms with Gasteiger partial charge in [-0.15, -0.1) is 0 Å². The minimum Gasteiger partial charge on any atom is -0.494 e. The first-order valence-electron chi connectivity index (χ1n) is 12.7. The summed E-state index contributed by atoms with van der Waals surface area (Å²) in [6, 6.07) is 9.99. The molecule has 0 atom stereocenters. The van der Waals surface area contributed by atoms with Gasteiger partial charge in [-0.3, -0.25) is 19.9 Å². The summed E-state index contributed by atoms with van der Waals surface area (Å²) in [7, 11) is 0. The van der Waals surface area contributed by atoms with E-state index in [4.69, 9.17) is 9.47 Å². The number of amides is 2. The van der Waals surface area contributed by atoms with Crippen molar-refractivity contribution in [3.8, 4) is 5.75 Å². The van der Waals surface area contributed by atoms with Crippen molar-refractivity contribution in [3.63, 3.8) is 0 Å². The largest absolute Gasteiger partial charge is 0.494 e. The molecule has 4 rings (SSSR count). The van der Waals surface area contributed by atoms with Gasteiger partial charge in [0.1, 0.15) is 17.9 Å². The van der Waals surface area contributed by atoms with Gasteiger partial charge >= 0.3 is 0 Å². The summed E-state index contributed by atoms with van der Waals surface area (Å²) in [6.45, 7) is 5.30. The maximum Gasteiger partial charge on any atom is 0.273 e. The maximum absolute atomic E-state index is 14.5. The molecule has 0 unspecified atom stereocenters. The van der Waals surface area contributed by atoms with Crippen LogP contribution in [0.1, 0.15) is 47.2 Å². The lowest BCUT2D eigenvalue weighted by Crippen LogP contribution is -2.42. The molecule has 10 heteroatoms. The summed E-state index contributed by atoms with van der Waals surface area (Å²) >= 11 is 0. The van der Waals surface area contributed by atoms with E-state index in [9.17, 15) is 18.8 Å². The van der Waals surface area contributed by atoms with E-state index in [2.05, 4.69) is 15.6 Å². The molecular weight excluding hydrogens is 479 g/mol. The number of benzene rings is 2. The Morgan fingerprint density at radius 1 is 1.16 bits per heavy atom. The van der Waals surface area contributed by atoms with E-state index in [0.29, 0.717) is 42.0 Å². The van der Waals surface area contributed by atoms with Gasteiger partial charge in [0, 0.05) is 61.4 Å². The van der Waals surface area contributed by atoms with Crippen LogP contribution >= 0.6 is 0 Å². The SMILES string of the molecule is O=CCCCC(=O)NN1Cc2c(NCc3cc(OCCCN4CCOCC4)ccc3F)cccc2C1=O. The lowest BCUT2D eigenvalue weighted by Gasteiger charge is -2.26. The molecule has 0 bridgehead atoms. The number of carbonyl (C=O) groups excluding carboxylic acids is 3. The van der Waals surface area contributed by atoms with Crippen molar-refractivity contribution < 1.29 is 28.2 Å². The number of unbranched alkanes of at least 4 members (excludes halogenated alkanes) is 1. The van der Waals surface area contributed by atoms with Gasteiger partial charge in [-0.05, 0) is 43.2 Å². The van der Waals surface area contributed by atoms with Crippen molar-refractivity contribution in [2.75, 3.05) is 44.8 Å². The first-order valence-corrected chi connectivity index (χ1v) is 12.7. The Hall–Kier alpha value is -3.50. The molecule has 2 aliphatic rings. The maximum atomic E-state index is 14.5. The van der Waals surface area contributed by atoms with Crippen molar-refractivity contribution in [1.82, 2.24) is 15.3 Å². The molecule has 198 valence electrons. The first-order chi connectivity index (χ1) is 18.0. The summed E-state index contributed by atoms with van der Waals surface area (Å²) in [5.41, 5.74) is 4.97. The second kappa shape index (κ2) is 13.2. The Balaban J connectivity index is 1.31. The highest BCUT2D eigenvalue weighted by molar-refractivity contribution is 6.00. The summed E-state index contributed by atoms with van der Waals surface area (Å²) in [5, 5.41) is 4.50. The summed E-state index contributed by atoms with van der Waals surface area (Å²) < 4.78 is 25.7. The third-order valence-corrected chi connectivity index (χ3v) is 6.43. The first kappa shape index (κ1) is 26.6. The molecule has 2 amide bonds. The number of halogens is 1. The van der Waals surface area contributed by atoms with E-state index in [-0.39, 0.29) is 37.1 Å². The van der Waals surface area contributed by atoms with Crippen molar-refractivity contribution in [1.29, 1.82) is 0 Å². The van der Waals surface area contributed by atoms with E-state index in [1.54, 1.807) is 24.3 Å². The normalized spacial score (nSPS) is 15.4. The quantitative estimate of drug-likeness (QED) is 0.314. The Morgan fingerprint density at radius 3 is 2.81 bits per heavy atom. The molecule has 9 nitrogen and oxygen atoms in total. The highest BCUT2D eigenvalue weighted by atomic mass is 19.1. The van der Waals surface area contributed by atoms with Crippen molar-refractivity contribution in [2.45, 2.75) is 38.8 Å². The highest BCUT2D eigenvalue weighted by Gasteiger charge is 2.30. The third-order valence-electron chi connectivity index (χ3n) is 6.43. The second-order valence-corrected chi connectivity index (χ2v) is 9.08. The molecule has 0 spiro atoms. The zero-order valence-corrected chi connectivity index (χ0v) is 20.8. The number of aldehydes is 1. The monoisotopic (exact) mass is 512 g/mol. The predicted molar refractivity (Wildman–Crippen MR) is 135 cm³/mol. The Labute approximate surface area is 215 Å². The predicted octanol–water partition coefficient (Wildman–Crippen LogP) is 2.90. The Kier molecular flexibility index (Phi) is 9.45. The van der Waals surface area contributed by atoms with Crippen LogP contribution in [0, 0.1) is 5.82 Å². The van der Waals surface area contributed by atoms with Crippen LogP contribution in [0.2, 0.25) is 0 Å². The second-order valence-electron chi connectivity index (χ2n) is 9.08. The smallest absolute Gasteiger partial charge is 0.273 e. The number of hydrazine groups is 1. The summed E-state index contributed by atoms with van der Waals surface area (Å²) in [6.07, 6.45) is 2.53. The third kappa shape index (κ3) is 7.27. The number of rotatable bonds is 13. The number of anilines is 1. The van der Waals surface area contributed by atoms with Gasteiger partial charge in [0.25, 0.3) is 5.91 Å². The van der Waals surface area contributed by atoms with Gasteiger partial charge in [-0.1, -0.05) is 6.07 Å². The van der Waals surface area contributed by atoms with Crippen LogP contribution < -0.4 is 15.5 Å². The van der Waals surface area contributed by atoms with Gasteiger partial charge in [-0.2, -0.15) is 0 Å². The van der Waals surface area contributed by atoms with Crippen molar-refractivity contribution in [2.24, 2.45) is 0 Å². The number of hydrogen-bond donors (Lipinski definition) is 2.